The van der Waals surface area contributed by atoms with Crippen molar-refractivity contribution in [2.75, 3.05) is 26.9 Å². The molecule has 19 heavy (non-hydrogen) atoms. The Morgan fingerprint density at radius 1 is 1.05 bits per heavy atom. The first-order valence-electron chi connectivity index (χ1n) is 7.26. The number of benzene rings is 1. The molecular weight excluding hydrogens is 238 g/mol. The zero-order chi connectivity index (χ0) is 13.9. The van der Waals surface area contributed by atoms with Crippen molar-refractivity contribution < 1.29 is 9.47 Å². The molecule has 0 amide bonds. The third-order valence-corrected chi connectivity index (χ3v) is 3.15. The fourth-order valence-corrected chi connectivity index (χ4v) is 2.08. The maximum Gasteiger partial charge on any atom is 0.119 e. The van der Waals surface area contributed by atoms with Crippen LogP contribution >= 0.6 is 0 Å². The lowest BCUT2D eigenvalue weighted by molar-refractivity contribution is 0.184. The Balaban J connectivity index is 2.38. The Bertz CT molecular complexity index is 324. The number of unbranched alkanes of at least 4 members (excludes halogenated alkanes) is 1. The van der Waals surface area contributed by atoms with E-state index in [2.05, 4.69) is 43.4 Å². The van der Waals surface area contributed by atoms with Gasteiger partial charge in [-0.1, -0.05) is 26.0 Å². The SMILES string of the molecule is CCNC(CC)c1ccc(OCCCCOC)cc1. The summed E-state index contributed by atoms with van der Waals surface area (Å²) in [5.41, 5.74) is 1.33. The Morgan fingerprint density at radius 2 is 1.74 bits per heavy atom. The van der Waals surface area contributed by atoms with Crippen LogP contribution in [0.15, 0.2) is 24.3 Å². The van der Waals surface area contributed by atoms with Crippen LogP contribution in [0.3, 0.4) is 0 Å². The molecule has 0 aliphatic carbocycles. The van der Waals surface area contributed by atoms with Crippen molar-refractivity contribution in [1.29, 1.82) is 0 Å². The molecule has 0 heterocycles. The van der Waals surface area contributed by atoms with Crippen LogP contribution in [0.4, 0.5) is 0 Å². The Labute approximate surface area is 117 Å². The van der Waals surface area contributed by atoms with Gasteiger partial charge in [-0.15, -0.1) is 0 Å². The molecule has 1 unspecified atom stereocenters. The Morgan fingerprint density at radius 3 is 2.32 bits per heavy atom. The molecular formula is C16H27NO2. The number of ether oxygens (including phenoxy) is 2. The zero-order valence-electron chi connectivity index (χ0n) is 12.4. The van der Waals surface area contributed by atoms with Gasteiger partial charge in [0.05, 0.1) is 6.61 Å². The Kier molecular flexibility index (Phi) is 8.26. The van der Waals surface area contributed by atoms with Gasteiger partial charge < -0.3 is 14.8 Å². The van der Waals surface area contributed by atoms with Crippen LogP contribution in [0.25, 0.3) is 0 Å². The molecule has 0 fully saturated rings. The predicted molar refractivity (Wildman–Crippen MR) is 79.8 cm³/mol. The topological polar surface area (TPSA) is 30.5 Å². The van der Waals surface area contributed by atoms with Crippen molar-refractivity contribution in [3.8, 4) is 5.75 Å². The molecule has 1 atom stereocenters. The van der Waals surface area contributed by atoms with Crippen LogP contribution in [-0.2, 0) is 4.74 Å². The van der Waals surface area contributed by atoms with Gasteiger partial charge in [0.25, 0.3) is 0 Å². The number of rotatable bonds is 10. The molecule has 1 rings (SSSR count). The van der Waals surface area contributed by atoms with E-state index >= 15 is 0 Å². The normalized spacial score (nSPS) is 12.4. The summed E-state index contributed by atoms with van der Waals surface area (Å²) in [7, 11) is 1.73. The first kappa shape index (κ1) is 16.0. The average Bonchev–Trinajstić information content (AvgIpc) is 2.45. The predicted octanol–water partition coefficient (Wildman–Crippen LogP) is 3.55. The number of hydrogen-bond acceptors (Lipinski definition) is 3. The lowest BCUT2D eigenvalue weighted by Gasteiger charge is -2.16. The van der Waals surface area contributed by atoms with E-state index in [-0.39, 0.29) is 0 Å². The average molecular weight is 265 g/mol. The highest BCUT2D eigenvalue weighted by atomic mass is 16.5. The van der Waals surface area contributed by atoms with Crippen LogP contribution < -0.4 is 10.1 Å². The fourth-order valence-electron chi connectivity index (χ4n) is 2.08. The molecule has 0 saturated heterocycles. The van der Waals surface area contributed by atoms with Gasteiger partial charge in [0.2, 0.25) is 0 Å². The van der Waals surface area contributed by atoms with Gasteiger partial charge in [0, 0.05) is 19.8 Å². The molecule has 108 valence electrons. The molecule has 0 aromatic heterocycles. The smallest absolute Gasteiger partial charge is 0.119 e. The van der Waals surface area contributed by atoms with E-state index < -0.39 is 0 Å². The highest BCUT2D eigenvalue weighted by Crippen LogP contribution is 2.20. The first-order valence-corrected chi connectivity index (χ1v) is 7.26. The fraction of sp³-hybridized carbons (Fsp3) is 0.625. The van der Waals surface area contributed by atoms with E-state index in [1.54, 1.807) is 7.11 Å². The quantitative estimate of drug-likeness (QED) is 0.656. The second-order valence-electron chi connectivity index (χ2n) is 4.64. The third-order valence-electron chi connectivity index (χ3n) is 3.15. The number of nitrogens with one attached hydrogen (secondary N) is 1. The number of methoxy groups -OCH3 is 1. The summed E-state index contributed by atoms with van der Waals surface area (Å²) >= 11 is 0. The summed E-state index contributed by atoms with van der Waals surface area (Å²) in [6.07, 6.45) is 3.18. The van der Waals surface area contributed by atoms with Crippen molar-refractivity contribution >= 4 is 0 Å². The summed E-state index contributed by atoms with van der Waals surface area (Å²) < 4.78 is 10.7. The largest absolute Gasteiger partial charge is 0.494 e. The maximum absolute atomic E-state index is 5.70. The van der Waals surface area contributed by atoms with Crippen LogP contribution in [0.5, 0.6) is 5.75 Å². The van der Waals surface area contributed by atoms with E-state index in [1.807, 2.05) is 0 Å². The van der Waals surface area contributed by atoms with Gasteiger partial charge >= 0.3 is 0 Å². The van der Waals surface area contributed by atoms with Crippen LogP contribution in [0.2, 0.25) is 0 Å². The molecule has 0 aliphatic rings. The molecule has 1 aromatic rings. The first-order chi connectivity index (χ1) is 9.31. The summed E-state index contributed by atoms with van der Waals surface area (Å²) in [5.74, 6) is 0.951. The van der Waals surface area contributed by atoms with Crippen LogP contribution in [0.1, 0.15) is 44.7 Å². The molecule has 0 bridgehead atoms. The minimum atomic E-state index is 0.445. The van der Waals surface area contributed by atoms with Crippen molar-refractivity contribution in [1.82, 2.24) is 5.32 Å². The van der Waals surface area contributed by atoms with Crippen LogP contribution in [-0.4, -0.2) is 26.9 Å². The Hall–Kier alpha value is -1.06. The van der Waals surface area contributed by atoms with Gasteiger partial charge in [0.15, 0.2) is 0 Å². The van der Waals surface area contributed by atoms with Crippen LogP contribution in [0, 0.1) is 0 Å². The molecule has 0 aliphatic heterocycles. The lowest BCUT2D eigenvalue weighted by atomic mass is 10.0. The second kappa shape index (κ2) is 9.82. The molecule has 0 saturated carbocycles. The molecule has 0 radical (unpaired) electrons. The molecule has 3 nitrogen and oxygen atoms in total. The van der Waals surface area contributed by atoms with E-state index in [0.29, 0.717) is 6.04 Å². The standard InChI is InChI=1S/C16H27NO2/c1-4-16(17-5-2)14-8-10-15(11-9-14)19-13-7-6-12-18-3/h8-11,16-17H,4-7,12-13H2,1-3H3. The van der Waals surface area contributed by atoms with Gasteiger partial charge in [-0.2, -0.15) is 0 Å². The third kappa shape index (κ3) is 6.08. The number of hydrogen-bond donors (Lipinski definition) is 1. The van der Waals surface area contributed by atoms with Crippen molar-refractivity contribution in [2.45, 2.75) is 39.2 Å². The van der Waals surface area contributed by atoms with Crippen molar-refractivity contribution in [3.63, 3.8) is 0 Å². The molecule has 1 aromatic carbocycles. The van der Waals surface area contributed by atoms with Gasteiger partial charge in [-0.3, -0.25) is 0 Å². The van der Waals surface area contributed by atoms with E-state index in [4.69, 9.17) is 9.47 Å². The second-order valence-corrected chi connectivity index (χ2v) is 4.64. The van der Waals surface area contributed by atoms with Gasteiger partial charge in [0.1, 0.15) is 5.75 Å². The lowest BCUT2D eigenvalue weighted by Crippen LogP contribution is -2.19. The minimum Gasteiger partial charge on any atom is -0.494 e. The van der Waals surface area contributed by atoms with E-state index in [9.17, 15) is 0 Å². The summed E-state index contributed by atoms with van der Waals surface area (Å²) in [6, 6.07) is 8.88. The maximum atomic E-state index is 5.70. The molecule has 1 N–H and O–H groups in total. The summed E-state index contributed by atoms with van der Waals surface area (Å²) in [6.45, 7) is 6.90. The minimum absolute atomic E-state index is 0.445. The molecule has 3 heteroatoms. The highest BCUT2D eigenvalue weighted by Gasteiger charge is 2.07. The van der Waals surface area contributed by atoms with E-state index in [0.717, 1.165) is 44.8 Å². The van der Waals surface area contributed by atoms with Gasteiger partial charge in [-0.25, -0.2) is 0 Å². The van der Waals surface area contributed by atoms with E-state index in [1.165, 1.54) is 5.56 Å². The summed E-state index contributed by atoms with van der Waals surface area (Å²) in [4.78, 5) is 0. The van der Waals surface area contributed by atoms with Crippen molar-refractivity contribution in [2.24, 2.45) is 0 Å². The monoisotopic (exact) mass is 265 g/mol. The molecule has 0 spiro atoms. The van der Waals surface area contributed by atoms with Crippen molar-refractivity contribution in [3.05, 3.63) is 29.8 Å². The zero-order valence-corrected chi connectivity index (χ0v) is 12.4. The van der Waals surface area contributed by atoms with Gasteiger partial charge in [-0.05, 0) is 43.5 Å². The highest BCUT2D eigenvalue weighted by molar-refractivity contribution is 5.29. The summed E-state index contributed by atoms with van der Waals surface area (Å²) in [5, 5.41) is 3.48.